The van der Waals surface area contributed by atoms with E-state index >= 15 is 0 Å². The molecule has 2 heterocycles. The summed E-state index contributed by atoms with van der Waals surface area (Å²) in [6.07, 6.45) is 0. The van der Waals surface area contributed by atoms with Crippen molar-refractivity contribution in [2.75, 3.05) is 19.8 Å². The molecule has 13 heteroatoms. The van der Waals surface area contributed by atoms with E-state index in [0.717, 1.165) is 0 Å². The van der Waals surface area contributed by atoms with E-state index in [0.29, 0.717) is 23.0 Å². The van der Waals surface area contributed by atoms with E-state index in [-0.39, 0.29) is 125 Å². The van der Waals surface area contributed by atoms with Gasteiger partial charge in [-0.3, -0.25) is 9.36 Å². The van der Waals surface area contributed by atoms with Gasteiger partial charge in [-0.25, -0.2) is 9.97 Å². The summed E-state index contributed by atoms with van der Waals surface area (Å²) in [7, 11) is 0. The maximum Gasteiger partial charge on any atom is 0.296 e. The molecule has 0 bridgehead atoms. The summed E-state index contributed by atoms with van der Waals surface area (Å²) in [5.74, 6) is 0.731. The minimum Gasteiger partial charge on any atom is -0.502 e. The van der Waals surface area contributed by atoms with Crippen molar-refractivity contribution in [3.63, 3.8) is 0 Å². The van der Waals surface area contributed by atoms with Crippen LogP contribution in [0.1, 0.15) is 23.0 Å². The van der Waals surface area contributed by atoms with Gasteiger partial charge in [0, 0.05) is 75.5 Å². The number of rotatable bonds is 5. The van der Waals surface area contributed by atoms with Gasteiger partial charge in [-0.15, -0.1) is 0 Å². The number of aliphatic hydroxyl groups excluding tert-OH is 2. The summed E-state index contributed by atoms with van der Waals surface area (Å²) >= 11 is 0. The van der Waals surface area contributed by atoms with Crippen molar-refractivity contribution in [2.24, 2.45) is 0 Å². The molecule has 0 unspecified atom stereocenters. The smallest absolute Gasteiger partial charge is 0.296 e. The van der Waals surface area contributed by atoms with E-state index in [4.69, 9.17) is 14.9 Å². The van der Waals surface area contributed by atoms with Crippen molar-refractivity contribution in [3.8, 4) is 17.4 Å². The van der Waals surface area contributed by atoms with Gasteiger partial charge in [-0.2, -0.15) is 4.98 Å². The van der Waals surface area contributed by atoms with E-state index in [2.05, 4.69) is 15.0 Å². The molecular weight excluding hydrogens is 440 g/mol. The van der Waals surface area contributed by atoms with Crippen LogP contribution in [0.5, 0.6) is 17.4 Å². The molecule has 2 aromatic rings. The van der Waals surface area contributed by atoms with Gasteiger partial charge in [0.2, 0.25) is 5.75 Å². The molecule has 0 amide bonds. The van der Waals surface area contributed by atoms with Gasteiger partial charge in [0.25, 0.3) is 11.4 Å². The monoisotopic (exact) mass is 466 g/mol. The zero-order valence-corrected chi connectivity index (χ0v) is 17.8. The largest absolute Gasteiger partial charge is 0.502 e. The van der Waals surface area contributed by atoms with E-state index in [1.165, 1.54) is 4.57 Å². The number of hydrogen-bond acceptors (Lipinski definition) is 9. The molecule has 168 valence electrons. The number of hydrogen-bond donors (Lipinski definition) is 4. The molecule has 0 atom stereocenters. The fraction of sp³-hybridized carbons (Fsp3) is 0.500. The molecule has 0 spiro atoms. The molecule has 6 N–H and O–H groups in total. The zero-order chi connectivity index (χ0) is 19.9. The van der Waals surface area contributed by atoms with Crippen LogP contribution < -0.4 is 10.3 Å². The number of ether oxygens (including phenoxy) is 1. The van der Waals surface area contributed by atoms with Gasteiger partial charge in [-0.1, -0.05) is 0 Å². The van der Waals surface area contributed by atoms with Crippen molar-refractivity contribution < 1.29 is 106 Å². The van der Waals surface area contributed by atoms with Crippen LogP contribution in [0.2, 0.25) is 0 Å². The molecule has 0 aliphatic rings. The molecule has 29 heavy (non-hydrogen) atoms. The molecule has 0 aliphatic heterocycles. The van der Waals surface area contributed by atoms with Crippen LogP contribution in [0.15, 0.2) is 4.79 Å². The summed E-state index contributed by atoms with van der Waals surface area (Å²) < 4.78 is 6.23. The summed E-state index contributed by atoms with van der Waals surface area (Å²) in [6, 6.07) is 0. The van der Waals surface area contributed by atoms with Crippen molar-refractivity contribution in [3.05, 3.63) is 33.4 Å². The molecule has 0 radical (unpaired) electrons. The second kappa shape index (κ2) is 16.5. The van der Waals surface area contributed by atoms with Gasteiger partial charge in [0.1, 0.15) is 18.3 Å². The van der Waals surface area contributed by atoms with Crippen molar-refractivity contribution >= 4 is 0 Å². The van der Waals surface area contributed by atoms with Gasteiger partial charge >= 0.3 is 0 Å². The van der Waals surface area contributed by atoms with Gasteiger partial charge < -0.3 is 30.6 Å². The first kappa shape index (κ1) is 33.4. The number of aliphatic hydroxyl groups is 2. The SMILES string of the molecule is Cc1nc(C)c(O)c(OCCO)n1.Cc1nc(C)n(CCO)c(=O)c1O.O.[Ar].[Ar]. The average Bonchev–Trinajstić information content (AvgIpc) is 2.59. The first-order valence-electron chi connectivity index (χ1n) is 7.88. The van der Waals surface area contributed by atoms with E-state index in [1.54, 1.807) is 27.7 Å². The Hall–Kier alpha value is -0.241. The third kappa shape index (κ3) is 10.1. The first-order chi connectivity index (χ1) is 12.2. The topological polar surface area (TPSA) is 182 Å². The Kier molecular flexibility index (Phi) is 18.9. The fourth-order valence-corrected chi connectivity index (χ4v) is 2.07. The maximum absolute atomic E-state index is 11.4. The van der Waals surface area contributed by atoms with E-state index in [1.807, 2.05) is 0 Å². The summed E-state index contributed by atoms with van der Waals surface area (Å²) in [5.41, 5.74) is 0.288. The van der Waals surface area contributed by atoms with Gasteiger partial charge in [-0.05, 0) is 27.7 Å². The Labute approximate surface area is 228 Å². The quantitative estimate of drug-likeness (QED) is 0.425. The summed E-state index contributed by atoms with van der Waals surface area (Å²) in [4.78, 5) is 23.1. The number of aromatic nitrogens is 4. The summed E-state index contributed by atoms with van der Waals surface area (Å²) in [5, 5.41) is 35.8. The summed E-state index contributed by atoms with van der Waals surface area (Å²) in [6.45, 7) is 6.60. The zero-order valence-electron chi connectivity index (χ0n) is 16.4. The van der Waals surface area contributed by atoms with Crippen LogP contribution in [0.25, 0.3) is 0 Å². The Morgan fingerprint density at radius 2 is 1.45 bits per heavy atom. The van der Waals surface area contributed by atoms with Gasteiger partial charge in [0.05, 0.1) is 31.1 Å². The predicted molar refractivity (Wildman–Crippen MR) is 96.1 cm³/mol. The van der Waals surface area contributed by atoms with Crippen LogP contribution in [0, 0.1) is 103 Å². The Morgan fingerprint density at radius 1 is 0.897 bits per heavy atom. The van der Waals surface area contributed by atoms with Crippen LogP contribution in [0.3, 0.4) is 0 Å². The second-order valence-corrected chi connectivity index (χ2v) is 5.36. The van der Waals surface area contributed by atoms with Crippen molar-refractivity contribution in [2.45, 2.75) is 34.2 Å². The van der Waals surface area contributed by atoms with Crippen LogP contribution >= 0.6 is 0 Å². The Balaban J connectivity index is -0.000000422. The van der Waals surface area contributed by atoms with E-state index in [9.17, 15) is 15.0 Å². The Bertz CT molecular complexity index is 819. The third-order valence-electron chi connectivity index (χ3n) is 3.30. The van der Waals surface area contributed by atoms with Crippen LogP contribution in [-0.4, -0.2) is 65.2 Å². The average molecular weight is 466 g/mol. The van der Waals surface area contributed by atoms with E-state index < -0.39 is 5.56 Å². The van der Waals surface area contributed by atoms with Crippen molar-refractivity contribution in [1.82, 2.24) is 19.5 Å². The standard InChI is InChI=1S/2C8H12N2O3.2Ar.H2O/c1-5-7(12)8(13-4-3-11)10-6(2)9-5;1-5-7(12)8(13)10(3-4-11)6(2)9-5;;;/h2*11-12H,3-4H2,1-2H3;;;1H2. The van der Waals surface area contributed by atoms with Crippen molar-refractivity contribution in [1.29, 1.82) is 0 Å². The molecule has 0 fully saturated rings. The molecular formula is C16H26Ar2N4O7. The fourth-order valence-electron chi connectivity index (χ4n) is 2.07. The normalized spacial score (nSPS) is 9.17. The molecule has 0 saturated heterocycles. The number of nitrogens with zero attached hydrogens (tertiary/aromatic N) is 4. The third-order valence-corrected chi connectivity index (χ3v) is 3.30. The van der Waals surface area contributed by atoms with Gasteiger partial charge in [0.15, 0.2) is 5.75 Å². The number of aryl methyl sites for hydroxylation is 4. The molecule has 2 aromatic heterocycles. The molecule has 11 nitrogen and oxygen atoms in total. The molecule has 0 aromatic carbocycles. The van der Waals surface area contributed by atoms with Crippen LogP contribution in [0.4, 0.5) is 0 Å². The molecule has 2 rings (SSSR count). The molecule has 0 aliphatic carbocycles. The Morgan fingerprint density at radius 3 is 1.97 bits per heavy atom. The molecule has 0 saturated carbocycles. The van der Waals surface area contributed by atoms with Crippen LogP contribution in [-0.2, 0) is 6.54 Å². The minimum atomic E-state index is -0.501. The minimum absolute atomic E-state index is 0. The second-order valence-electron chi connectivity index (χ2n) is 5.36. The predicted octanol–water partition coefficient (Wildman–Crippen LogP) is -1.10. The number of aromatic hydroxyl groups is 2. The first-order valence-corrected chi connectivity index (χ1v) is 7.88. The maximum atomic E-state index is 11.4.